The molecule has 0 radical (unpaired) electrons. The van der Waals surface area contributed by atoms with Crippen LogP contribution in [0, 0.1) is 13.8 Å². The Labute approximate surface area is 116 Å². The Morgan fingerprint density at radius 2 is 1.29 bits per heavy atom. The molecule has 1 aromatic heterocycles. The molecule has 0 nitrogen and oxygen atoms in total. The molecular weight excluding hydrogens is 264 g/mol. The fourth-order valence-electron chi connectivity index (χ4n) is 1.44. The van der Waals surface area contributed by atoms with Crippen molar-refractivity contribution in [3.63, 3.8) is 0 Å². The Kier molecular flexibility index (Phi) is 5.37. The Morgan fingerprint density at radius 3 is 1.59 bits per heavy atom. The van der Waals surface area contributed by atoms with E-state index < -0.39 is 0 Å². The van der Waals surface area contributed by atoms with E-state index in [1.165, 1.54) is 20.9 Å². The van der Waals surface area contributed by atoms with Gasteiger partial charge in [-0.25, -0.2) is 0 Å². The highest BCUT2D eigenvalue weighted by Gasteiger charge is 2.15. The number of thiophene rings is 1. The smallest absolute Gasteiger partial charge is 0.0442 e. The first-order chi connectivity index (χ1) is 8.02. The first kappa shape index (κ1) is 14.4. The van der Waals surface area contributed by atoms with Crippen LogP contribution in [0.2, 0.25) is 0 Å². The molecule has 3 heteroatoms. The molecule has 0 bridgehead atoms. The number of rotatable bonds is 6. The van der Waals surface area contributed by atoms with E-state index >= 15 is 0 Å². The summed E-state index contributed by atoms with van der Waals surface area (Å²) in [6, 6.07) is 0. The lowest BCUT2D eigenvalue weighted by Gasteiger charge is -2.00. The topological polar surface area (TPSA) is 0 Å². The maximum atomic E-state index is 4.08. The summed E-state index contributed by atoms with van der Waals surface area (Å²) >= 11 is 4.88. The lowest BCUT2D eigenvalue weighted by molar-refractivity contribution is 1.38. The van der Waals surface area contributed by atoms with Gasteiger partial charge in [-0.2, -0.15) is 0 Å². The zero-order chi connectivity index (χ0) is 13.0. The highest BCUT2D eigenvalue weighted by Crippen LogP contribution is 2.42. The Hall–Kier alpha value is -0.640. The summed E-state index contributed by atoms with van der Waals surface area (Å²) in [7, 11) is 0. The highest BCUT2D eigenvalue weighted by molar-refractivity contribution is 8.11. The second-order valence-electron chi connectivity index (χ2n) is 3.43. The zero-order valence-corrected chi connectivity index (χ0v) is 12.7. The summed E-state index contributed by atoms with van der Waals surface area (Å²) < 4.78 is 0. The van der Waals surface area contributed by atoms with Crippen LogP contribution in [0.15, 0.2) is 37.1 Å². The van der Waals surface area contributed by atoms with Crippen LogP contribution in [-0.2, 0) is 0 Å². The molecule has 0 fully saturated rings. The van der Waals surface area contributed by atoms with Gasteiger partial charge in [0.2, 0.25) is 0 Å². The van der Waals surface area contributed by atoms with Crippen molar-refractivity contribution in [2.75, 3.05) is 0 Å². The molecule has 0 saturated carbocycles. The maximum absolute atomic E-state index is 4.08. The average molecular weight is 280 g/mol. The molecule has 1 rings (SSSR count). The normalized spacial score (nSPS) is 10.0. The third-order valence-electron chi connectivity index (χ3n) is 2.41. The SMILES string of the molecule is C=CSC(=C)c1sc(C(=C)SC=C)c(C)c1C. The van der Waals surface area contributed by atoms with E-state index in [1.54, 1.807) is 34.9 Å². The van der Waals surface area contributed by atoms with Gasteiger partial charge in [0.15, 0.2) is 0 Å². The van der Waals surface area contributed by atoms with Crippen molar-refractivity contribution in [3.8, 4) is 0 Å². The van der Waals surface area contributed by atoms with E-state index in [4.69, 9.17) is 0 Å². The number of hydrogen-bond acceptors (Lipinski definition) is 3. The van der Waals surface area contributed by atoms with Gasteiger partial charge in [-0.05, 0) is 35.8 Å². The predicted octanol–water partition coefficient (Wildman–Crippen LogP) is 6.06. The Balaban J connectivity index is 3.15. The van der Waals surface area contributed by atoms with Gasteiger partial charge < -0.3 is 0 Å². The summed E-state index contributed by atoms with van der Waals surface area (Å²) in [5.74, 6) is 0. The van der Waals surface area contributed by atoms with Crippen LogP contribution in [0.3, 0.4) is 0 Å². The van der Waals surface area contributed by atoms with Crippen molar-refractivity contribution in [1.82, 2.24) is 0 Å². The lowest BCUT2D eigenvalue weighted by Crippen LogP contribution is -1.80. The third kappa shape index (κ3) is 3.18. The Morgan fingerprint density at radius 1 is 0.941 bits per heavy atom. The molecule has 0 N–H and O–H groups in total. The van der Waals surface area contributed by atoms with E-state index in [0.717, 1.165) is 9.81 Å². The molecular formula is C14H16S3. The predicted molar refractivity (Wildman–Crippen MR) is 87.4 cm³/mol. The van der Waals surface area contributed by atoms with E-state index in [-0.39, 0.29) is 0 Å². The van der Waals surface area contributed by atoms with Crippen LogP contribution in [0.5, 0.6) is 0 Å². The third-order valence-corrected chi connectivity index (χ3v) is 5.49. The molecule has 17 heavy (non-hydrogen) atoms. The van der Waals surface area contributed by atoms with Crippen molar-refractivity contribution < 1.29 is 0 Å². The standard InChI is InChI=1S/C14H16S3/c1-7-15-11(5)13-9(3)10(4)14(17-13)12(6)16-8-2/h7-8H,1-2,5-6H2,3-4H3. The molecule has 0 aromatic carbocycles. The van der Waals surface area contributed by atoms with E-state index in [1.807, 2.05) is 10.8 Å². The molecule has 0 atom stereocenters. The van der Waals surface area contributed by atoms with Crippen molar-refractivity contribution in [2.24, 2.45) is 0 Å². The number of hydrogen-bond donors (Lipinski definition) is 0. The fraction of sp³-hybridized carbons (Fsp3) is 0.143. The van der Waals surface area contributed by atoms with Gasteiger partial charge >= 0.3 is 0 Å². The van der Waals surface area contributed by atoms with E-state index in [2.05, 4.69) is 40.2 Å². The molecule has 1 aromatic rings. The quantitative estimate of drug-likeness (QED) is 0.621. The first-order valence-electron chi connectivity index (χ1n) is 5.06. The van der Waals surface area contributed by atoms with Gasteiger partial charge in [-0.1, -0.05) is 49.8 Å². The molecule has 0 saturated heterocycles. The molecule has 0 aliphatic rings. The van der Waals surface area contributed by atoms with Gasteiger partial charge in [-0.3, -0.25) is 0 Å². The molecule has 0 spiro atoms. The van der Waals surface area contributed by atoms with Gasteiger partial charge in [0.05, 0.1) is 0 Å². The van der Waals surface area contributed by atoms with Crippen molar-refractivity contribution >= 4 is 44.7 Å². The molecule has 90 valence electrons. The highest BCUT2D eigenvalue weighted by atomic mass is 32.2. The fourth-order valence-corrected chi connectivity index (χ4v) is 3.94. The average Bonchev–Trinajstić information content (AvgIpc) is 2.57. The van der Waals surface area contributed by atoms with Gasteiger partial charge in [0, 0.05) is 19.6 Å². The molecule has 0 unspecified atom stereocenters. The summed E-state index contributed by atoms with van der Waals surface area (Å²) in [5, 5.41) is 3.62. The van der Waals surface area contributed by atoms with Crippen molar-refractivity contribution in [2.45, 2.75) is 13.8 Å². The number of thioether (sulfide) groups is 2. The van der Waals surface area contributed by atoms with Crippen LogP contribution in [-0.4, -0.2) is 0 Å². The summed E-state index contributed by atoms with van der Waals surface area (Å²) in [6.07, 6.45) is 0. The van der Waals surface area contributed by atoms with Crippen LogP contribution in [0.25, 0.3) is 9.81 Å². The van der Waals surface area contributed by atoms with Gasteiger partial charge in [-0.15, -0.1) is 11.3 Å². The summed E-state index contributed by atoms with van der Waals surface area (Å²) in [5.41, 5.74) is 2.57. The molecule has 0 aliphatic carbocycles. The maximum Gasteiger partial charge on any atom is 0.0442 e. The monoisotopic (exact) mass is 280 g/mol. The Bertz CT molecular complexity index is 435. The minimum absolute atomic E-state index is 1.05. The van der Waals surface area contributed by atoms with Crippen molar-refractivity contribution in [1.29, 1.82) is 0 Å². The minimum Gasteiger partial charge on any atom is -0.134 e. The molecule has 0 aliphatic heterocycles. The minimum atomic E-state index is 1.05. The first-order valence-corrected chi connectivity index (χ1v) is 7.64. The largest absolute Gasteiger partial charge is 0.134 e. The second kappa shape index (κ2) is 6.34. The lowest BCUT2D eigenvalue weighted by atomic mass is 10.1. The van der Waals surface area contributed by atoms with Crippen molar-refractivity contribution in [3.05, 3.63) is 58.0 Å². The second-order valence-corrected chi connectivity index (χ2v) is 6.57. The van der Waals surface area contributed by atoms with Crippen LogP contribution in [0.4, 0.5) is 0 Å². The van der Waals surface area contributed by atoms with Crippen LogP contribution in [0.1, 0.15) is 20.9 Å². The van der Waals surface area contributed by atoms with Gasteiger partial charge in [0.25, 0.3) is 0 Å². The molecule has 0 amide bonds. The summed E-state index contributed by atoms with van der Waals surface area (Å²) in [4.78, 5) is 4.56. The van der Waals surface area contributed by atoms with Crippen LogP contribution >= 0.6 is 34.9 Å². The summed E-state index contributed by atoms with van der Waals surface area (Å²) in [6.45, 7) is 19.9. The van der Waals surface area contributed by atoms with Crippen LogP contribution < -0.4 is 0 Å². The van der Waals surface area contributed by atoms with Gasteiger partial charge in [0.1, 0.15) is 0 Å². The zero-order valence-electron chi connectivity index (χ0n) is 10.2. The molecule has 1 heterocycles. The van der Waals surface area contributed by atoms with E-state index in [9.17, 15) is 0 Å². The van der Waals surface area contributed by atoms with E-state index in [0.29, 0.717) is 0 Å².